The van der Waals surface area contributed by atoms with Gasteiger partial charge in [-0.2, -0.15) is 0 Å². The van der Waals surface area contributed by atoms with Crippen LogP contribution in [0, 0.1) is 13.8 Å². The molecule has 0 aliphatic rings. The van der Waals surface area contributed by atoms with Crippen LogP contribution in [0.1, 0.15) is 16.0 Å². The Bertz CT molecular complexity index is 691. The van der Waals surface area contributed by atoms with E-state index >= 15 is 0 Å². The van der Waals surface area contributed by atoms with Gasteiger partial charge >= 0.3 is 0 Å². The lowest BCUT2D eigenvalue weighted by atomic mass is 10.1. The largest absolute Gasteiger partial charge is 0.496 e. The monoisotopic (exact) mass is 311 g/mol. The Morgan fingerprint density at radius 3 is 2.60 bits per heavy atom. The quantitative estimate of drug-likeness (QED) is 0.924. The van der Waals surface area contributed by atoms with Crippen molar-refractivity contribution in [1.82, 2.24) is 4.72 Å². The van der Waals surface area contributed by atoms with Gasteiger partial charge in [0.2, 0.25) is 10.0 Å². The van der Waals surface area contributed by atoms with Crippen molar-refractivity contribution in [2.24, 2.45) is 0 Å². The van der Waals surface area contributed by atoms with Crippen LogP contribution in [0.25, 0.3) is 0 Å². The summed E-state index contributed by atoms with van der Waals surface area (Å²) in [6.45, 7) is 3.98. The van der Waals surface area contributed by atoms with Gasteiger partial charge in [0.05, 0.1) is 12.0 Å². The molecule has 0 aliphatic heterocycles. The molecule has 0 fully saturated rings. The summed E-state index contributed by atoms with van der Waals surface area (Å²) >= 11 is 1.52. The van der Waals surface area contributed by atoms with Crippen LogP contribution in [0.4, 0.5) is 0 Å². The summed E-state index contributed by atoms with van der Waals surface area (Å²) in [5.74, 6) is 0.576. The summed E-state index contributed by atoms with van der Waals surface area (Å²) < 4.78 is 32.5. The number of thiophene rings is 1. The molecule has 0 saturated heterocycles. The molecule has 0 radical (unpaired) electrons. The zero-order valence-electron chi connectivity index (χ0n) is 11.6. The van der Waals surface area contributed by atoms with Gasteiger partial charge in [-0.15, -0.1) is 11.3 Å². The summed E-state index contributed by atoms with van der Waals surface area (Å²) in [6.07, 6.45) is 0. The Kier molecular flexibility index (Phi) is 4.47. The highest BCUT2D eigenvalue weighted by Gasteiger charge is 2.18. The van der Waals surface area contributed by atoms with E-state index in [1.807, 2.05) is 30.5 Å². The lowest BCUT2D eigenvalue weighted by molar-refractivity contribution is 0.410. The second kappa shape index (κ2) is 5.95. The summed E-state index contributed by atoms with van der Waals surface area (Å²) in [4.78, 5) is 1.24. The molecule has 0 spiro atoms. The molecule has 2 rings (SSSR count). The van der Waals surface area contributed by atoms with Crippen molar-refractivity contribution in [1.29, 1.82) is 0 Å². The first kappa shape index (κ1) is 15.0. The van der Waals surface area contributed by atoms with E-state index in [9.17, 15) is 8.42 Å². The molecule has 1 aromatic carbocycles. The molecule has 20 heavy (non-hydrogen) atoms. The maximum absolute atomic E-state index is 12.4. The van der Waals surface area contributed by atoms with E-state index in [-0.39, 0.29) is 4.90 Å². The molecular formula is C14H17NO3S2. The maximum atomic E-state index is 12.4. The number of ether oxygens (including phenoxy) is 1. The standard InChI is InChI=1S/C14H17NO3S2/c1-10-7-11(2)14(8-13(10)18-3)20(16,17)15-9-12-5-4-6-19-12/h4-8,15H,9H2,1-3H3. The highest BCUT2D eigenvalue weighted by Crippen LogP contribution is 2.26. The fraction of sp³-hybridized carbons (Fsp3) is 0.286. The van der Waals surface area contributed by atoms with E-state index in [1.165, 1.54) is 18.4 Å². The number of benzene rings is 1. The van der Waals surface area contributed by atoms with Gasteiger partial charge in [-0.25, -0.2) is 13.1 Å². The zero-order valence-corrected chi connectivity index (χ0v) is 13.3. The molecule has 0 bridgehead atoms. The highest BCUT2D eigenvalue weighted by atomic mass is 32.2. The second-order valence-electron chi connectivity index (χ2n) is 4.49. The molecule has 2 aromatic rings. The molecule has 0 aliphatic carbocycles. The van der Waals surface area contributed by atoms with Crippen LogP contribution in [0.5, 0.6) is 5.75 Å². The SMILES string of the molecule is COc1cc(S(=O)(=O)NCc2cccs2)c(C)cc1C. The molecular weight excluding hydrogens is 294 g/mol. The lowest BCUT2D eigenvalue weighted by Gasteiger charge is -2.12. The van der Waals surface area contributed by atoms with Crippen molar-refractivity contribution in [3.05, 3.63) is 45.6 Å². The molecule has 4 nitrogen and oxygen atoms in total. The van der Waals surface area contributed by atoms with E-state index in [4.69, 9.17) is 4.74 Å². The molecule has 108 valence electrons. The van der Waals surface area contributed by atoms with E-state index < -0.39 is 10.0 Å². The summed E-state index contributed by atoms with van der Waals surface area (Å²) in [6, 6.07) is 7.18. The van der Waals surface area contributed by atoms with Gasteiger partial charge in [-0.05, 0) is 36.4 Å². The Morgan fingerprint density at radius 1 is 1.25 bits per heavy atom. The van der Waals surface area contributed by atoms with Gasteiger partial charge in [0.15, 0.2) is 0 Å². The van der Waals surface area contributed by atoms with Crippen molar-refractivity contribution in [3.63, 3.8) is 0 Å². The molecule has 0 saturated carbocycles. The van der Waals surface area contributed by atoms with Gasteiger partial charge in [0.25, 0.3) is 0 Å². The average molecular weight is 311 g/mol. The van der Waals surface area contributed by atoms with Crippen LogP contribution >= 0.6 is 11.3 Å². The number of aryl methyl sites for hydroxylation is 2. The van der Waals surface area contributed by atoms with E-state index in [2.05, 4.69) is 4.72 Å². The summed E-state index contributed by atoms with van der Waals surface area (Å²) in [5, 5.41) is 1.92. The van der Waals surface area contributed by atoms with Crippen LogP contribution in [0.2, 0.25) is 0 Å². The minimum Gasteiger partial charge on any atom is -0.496 e. The summed E-state index contributed by atoms with van der Waals surface area (Å²) in [5.41, 5.74) is 1.63. The van der Waals surface area contributed by atoms with Gasteiger partial charge in [0, 0.05) is 17.5 Å². The van der Waals surface area contributed by atoms with Crippen LogP contribution in [0.15, 0.2) is 34.5 Å². The first-order chi connectivity index (χ1) is 9.44. The average Bonchev–Trinajstić information content (AvgIpc) is 2.89. The Labute approximate surface area is 123 Å². The van der Waals surface area contributed by atoms with Crippen molar-refractivity contribution in [3.8, 4) is 5.75 Å². The third kappa shape index (κ3) is 3.20. The minimum atomic E-state index is -3.54. The summed E-state index contributed by atoms with van der Waals surface area (Å²) in [7, 11) is -2.00. The Balaban J connectivity index is 2.29. The van der Waals surface area contributed by atoms with Gasteiger partial charge < -0.3 is 4.74 Å². The molecule has 0 atom stereocenters. The van der Waals surface area contributed by atoms with Crippen molar-refractivity contribution < 1.29 is 13.2 Å². The smallest absolute Gasteiger partial charge is 0.241 e. The van der Waals surface area contributed by atoms with Crippen LogP contribution in [-0.4, -0.2) is 15.5 Å². The minimum absolute atomic E-state index is 0.261. The Hall–Kier alpha value is -1.37. The maximum Gasteiger partial charge on any atom is 0.241 e. The van der Waals surface area contributed by atoms with E-state index in [0.717, 1.165) is 10.4 Å². The third-order valence-electron chi connectivity index (χ3n) is 3.00. The van der Waals surface area contributed by atoms with E-state index in [1.54, 1.807) is 13.0 Å². The van der Waals surface area contributed by atoms with Gasteiger partial charge in [0.1, 0.15) is 5.75 Å². The van der Waals surface area contributed by atoms with Crippen LogP contribution in [-0.2, 0) is 16.6 Å². The predicted molar refractivity (Wildman–Crippen MR) is 80.8 cm³/mol. The lowest BCUT2D eigenvalue weighted by Crippen LogP contribution is -2.23. The number of nitrogens with one attached hydrogen (secondary N) is 1. The van der Waals surface area contributed by atoms with Crippen LogP contribution < -0.4 is 9.46 Å². The van der Waals surface area contributed by atoms with Crippen molar-refractivity contribution >= 4 is 21.4 Å². The number of hydrogen-bond donors (Lipinski definition) is 1. The van der Waals surface area contributed by atoms with Gasteiger partial charge in [-0.1, -0.05) is 12.1 Å². The molecule has 6 heteroatoms. The first-order valence-electron chi connectivity index (χ1n) is 6.11. The van der Waals surface area contributed by atoms with E-state index in [0.29, 0.717) is 17.9 Å². The normalized spacial score (nSPS) is 11.6. The second-order valence-corrected chi connectivity index (χ2v) is 7.26. The topological polar surface area (TPSA) is 55.4 Å². The first-order valence-corrected chi connectivity index (χ1v) is 8.47. The molecule has 1 N–H and O–H groups in total. The molecule has 0 unspecified atom stereocenters. The van der Waals surface area contributed by atoms with Crippen molar-refractivity contribution in [2.75, 3.05) is 7.11 Å². The molecule has 1 heterocycles. The number of sulfonamides is 1. The fourth-order valence-corrected chi connectivity index (χ4v) is 3.96. The number of hydrogen-bond acceptors (Lipinski definition) is 4. The van der Waals surface area contributed by atoms with Gasteiger partial charge in [-0.3, -0.25) is 0 Å². The molecule has 1 aromatic heterocycles. The van der Waals surface area contributed by atoms with Crippen molar-refractivity contribution in [2.45, 2.75) is 25.3 Å². The highest BCUT2D eigenvalue weighted by molar-refractivity contribution is 7.89. The Morgan fingerprint density at radius 2 is 2.00 bits per heavy atom. The zero-order chi connectivity index (χ0) is 14.8. The predicted octanol–water partition coefficient (Wildman–Crippen LogP) is 2.85. The number of methoxy groups -OCH3 is 1. The fourth-order valence-electron chi connectivity index (χ4n) is 1.98. The van der Waals surface area contributed by atoms with Crippen LogP contribution in [0.3, 0.4) is 0 Å². The molecule has 0 amide bonds. The third-order valence-corrected chi connectivity index (χ3v) is 5.42. The number of rotatable bonds is 5.